The largest absolute Gasteiger partial charge is 0.480 e. The van der Waals surface area contributed by atoms with Gasteiger partial charge in [-0.1, -0.05) is 51.9 Å². The number of amides is 1. The van der Waals surface area contributed by atoms with Crippen LogP contribution < -0.4 is 5.32 Å². The zero-order valence-corrected chi connectivity index (χ0v) is 22.9. The first kappa shape index (κ1) is 35.7. The van der Waals surface area contributed by atoms with Crippen LogP contribution in [0.5, 0.6) is 0 Å². The summed E-state index contributed by atoms with van der Waals surface area (Å²) < 4.78 is 37.3. The number of nitrogens with one attached hydrogen (secondary N) is 1. The molecule has 0 saturated heterocycles. The molecular weight excluding hydrogens is 486 g/mol. The summed E-state index contributed by atoms with van der Waals surface area (Å²) in [5.74, 6) is -1.50. The van der Waals surface area contributed by atoms with Crippen LogP contribution in [0.3, 0.4) is 0 Å². The number of unbranched alkanes of at least 4 members (excludes halogenated alkanes) is 7. The second kappa shape index (κ2) is 30.9. The van der Waals surface area contributed by atoms with Gasteiger partial charge in [-0.15, -0.1) is 0 Å². The quantitative estimate of drug-likeness (QED) is 0.127. The van der Waals surface area contributed by atoms with E-state index in [1.807, 2.05) is 0 Å². The Labute approximate surface area is 222 Å². The molecule has 0 aromatic rings. The summed E-state index contributed by atoms with van der Waals surface area (Å²) in [6.45, 7) is 8.00. The summed E-state index contributed by atoms with van der Waals surface area (Å²) >= 11 is 0. The average Bonchev–Trinajstić information content (AvgIpc) is 2.88. The van der Waals surface area contributed by atoms with E-state index in [0.29, 0.717) is 79.2 Å². The number of carboxylic acids is 1. The SMILES string of the molecule is CCCCCCCCCCOCCOCCOCCOCCOCCOCCNC(=O)COCC(=O)O. The normalized spacial score (nSPS) is 11.2. The molecule has 0 aliphatic carbocycles. The third-order valence-corrected chi connectivity index (χ3v) is 5.03. The Morgan fingerprint density at radius 3 is 1.38 bits per heavy atom. The molecule has 11 heteroatoms. The lowest BCUT2D eigenvalue weighted by molar-refractivity contribution is -0.143. The van der Waals surface area contributed by atoms with E-state index in [4.69, 9.17) is 33.5 Å². The maximum absolute atomic E-state index is 11.3. The Kier molecular flexibility index (Phi) is 29.8. The van der Waals surface area contributed by atoms with E-state index in [1.165, 1.54) is 44.9 Å². The van der Waals surface area contributed by atoms with E-state index >= 15 is 0 Å². The summed E-state index contributed by atoms with van der Waals surface area (Å²) in [4.78, 5) is 21.6. The smallest absolute Gasteiger partial charge is 0.329 e. The Hall–Kier alpha value is -1.34. The molecule has 0 saturated carbocycles. The van der Waals surface area contributed by atoms with Gasteiger partial charge >= 0.3 is 5.97 Å². The molecule has 0 fully saturated rings. The number of aliphatic carboxylic acids is 1. The minimum atomic E-state index is -1.11. The predicted molar refractivity (Wildman–Crippen MR) is 139 cm³/mol. The summed E-state index contributed by atoms with van der Waals surface area (Å²) in [7, 11) is 0. The van der Waals surface area contributed by atoms with Crippen molar-refractivity contribution in [3.05, 3.63) is 0 Å². The van der Waals surface area contributed by atoms with Gasteiger partial charge in [0.15, 0.2) is 0 Å². The molecule has 0 aliphatic rings. The number of ether oxygens (including phenoxy) is 7. The van der Waals surface area contributed by atoms with Gasteiger partial charge in [0.2, 0.25) is 5.91 Å². The van der Waals surface area contributed by atoms with Gasteiger partial charge in [0.05, 0.1) is 72.7 Å². The molecule has 2 N–H and O–H groups in total. The van der Waals surface area contributed by atoms with Crippen molar-refractivity contribution in [1.82, 2.24) is 5.32 Å². The topological polar surface area (TPSA) is 131 Å². The molecule has 0 unspecified atom stereocenters. The molecule has 220 valence electrons. The van der Waals surface area contributed by atoms with Gasteiger partial charge < -0.3 is 43.6 Å². The molecule has 0 aromatic heterocycles. The van der Waals surface area contributed by atoms with Gasteiger partial charge in [0.1, 0.15) is 13.2 Å². The van der Waals surface area contributed by atoms with Crippen molar-refractivity contribution in [2.75, 3.05) is 99.0 Å². The molecule has 0 heterocycles. The summed E-state index contributed by atoms with van der Waals surface area (Å²) in [5, 5.41) is 11.0. The summed E-state index contributed by atoms with van der Waals surface area (Å²) in [6, 6.07) is 0. The highest BCUT2D eigenvalue weighted by atomic mass is 16.6. The number of carbonyl (C=O) groups is 2. The maximum atomic E-state index is 11.3. The van der Waals surface area contributed by atoms with Crippen molar-refractivity contribution in [1.29, 1.82) is 0 Å². The first-order chi connectivity index (χ1) is 18.2. The molecule has 0 aromatic carbocycles. The lowest BCUT2D eigenvalue weighted by Gasteiger charge is -2.08. The van der Waals surface area contributed by atoms with E-state index in [0.717, 1.165) is 13.0 Å². The Morgan fingerprint density at radius 2 is 0.919 bits per heavy atom. The number of carbonyl (C=O) groups excluding carboxylic acids is 1. The van der Waals surface area contributed by atoms with Crippen LogP contribution in [0.1, 0.15) is 58.3 Å². The molecule has 0 aliphatic heterocycles. The van der Waals surface area contributed by atoms with Gasteiger partial charge in [-0.2, -0.15) is 0 Å². The molecule has 0 spiro atoms. The van der Waals surface area contributed by atoms with E-state index in [-0.39, 0.29) is 12.5 Å². The van der Waals surface area contributed by atoms with Crippen molar-refractivity contribution in [2.24, 2.45) is 0 Å². The van der Waals surface area contributed by atoms with Crippen molar-refractivity contribution < 1.29 is 47.9 Å². The van der Waals surface area contributed by atoms with E-state index in [1.54, 1.807) is 0 Å². The molecule has 11 nitrogen and oxygen atoms in total. The van der Waals surface area contributed by atoms with Crippen LogP contribution in [0.25, 0.3) is 0 Å². The Balaban J connectivity index is 3.08. The lowest BCUT2D eigenvalue weighted by Crippen LogP contribution is -2.31. The fraction of sp³-hybridized carbons (Fsp3) is 0.923. The van der Waals surface area contributed by atoms with Crippen LogP contribution >= 0.6 is 0 Å². The Morgan fingerprint density at radius 1 is 0.514 bits per heavy atom. The van der Waals surface area contributed by atoms with Gasteiger partial charge in [-0.25, -0.2) is 4.79 Å². The predicted octanol–water partition coefficient (Wildman–Crippen LogP) is 2.44. The van der Waals surface area contributed by atoms with Crippen molar-refractivity contribution in [3.8, 4) is 0 Å². The monoisotopic (exact) mass is 537 g/mol. The summed E-state index contributed by atoms with van der Waals surface area (Å²) in [6.07, 6.45) is 10.5. The highest BCUT2D eigenvalue weighted by molar-refractivity contribution is 5.77. The van der Waals surface area contributed by atoms with Gasteiger partial charge in [-0.05, 0) is 6.42 Å². The second-order valence-electron chi connectivity index (χ2n) is 8.39. The van der Waals surface area contributed by atoms with Crippen molar-refractivity contribution in [3.63, 3.8) is 0 Å². The first-order valence-corrected chi connectivity index (χ1v) is 13.7. The van der Waals surface area contributed by atoms with E-state index < -0.39 is 12.6 Å². The second-order valence-corrected chi connectivity index (χ2v) is 8.39. The van der Waals surface area contributed by atoms with Crippen molar-refractivity contribution in [2.45, 2.75) is 58.3 Å². The molecule has 0 bridgehead atoms. The number of rotatable bonds is 31. The van der Waals surface area contributed by atoms with Crippen LogP contribution in [-0.4, -0.2) is 116 Å². The van der Waals surface area contributed by atoms with Crippen molar-refractivity contribution >= 4 is 11.9 Å². The molecule has 0 atom stereocenters. The van der Waals surface area contributed by atoms with Gasteiger partial charge in [0, 0.05) is 13.2 Å². The number of hydrogen-bond acceptors (Lipinski definition) is 9. The fourth-order valence-electron chi connectivity index (χ4n) is 3.08. The standard InChI is InChI=1S/C26H51NO10/c1-2-3-4-5-6-7-8-9-11-31-13-15-33-17-19-35-21-22-36-20-18-34-16-14-32-12-10-27-25(28)23-37-24-26(29)30/h2-24H2,1H3,(H,27,28)(H,29,30). The molecule has 37 heavy (non-hydrogen) atoms. The van der Waals surface area contributed by atoms with Crippen LogP contribution in [0.4, 0.5) is 0 Å². The van der Waals surface area contributed by atoms with Crippen LogP contribution in [0.15, 0.2) is 0 Å². The summed E-state index contributed by atoms with van der Waals surface area (Å²) in [5.41, 5.74) is 0. The maximum Gasteiger partial charge on any atom is 0.329 e. The highest BCUT2D eigenvalue weighted by Crippen LogP contribution is 2.08. The average molecular weight is 538 g/mol. The minimum Gasteiger partial charge on any atom is -0.480 e. The third kappa shape index (κ3) is 32.6. The van der Waals surface area contributed by atoms with Gasteiger partial charge in [-0.3, -0.25) is 4.79 Å². The zero-order valence-electron chi connectivity index (χ0n) is 22.9. The van der Waals surface area contributed by atoms with Crippen LogP contribution in [-0.2, 0) is 42.7 Å². The van der Waals surface area contributed by atoms with Crippen LogP contribution in [0.2, 0.25) is 0 Å². The lowest BCUT2D eigenvalue weighted by atomic mass is 10.1. The third-order valence-electron chi connectivity index (χ3n) is 5.03. The molecular formula is C26H51NO10. The number of carboxylic acid groups (broad SMARTS) is 1. The highest BCUT2D eigenvalue weighted by Gasteiger charge is 2.03. The van der Waals surface area contributed by atoms with E-state index in [2.05, 4.69) is 17.0 Å². The van der Waals surface area contributed by atoms with Gasteiger partial charge in [0.25, 0.3) is 0 Å². The number of hydrogen-bond donors (Lipinski definition) is 2. The fourth-order valence-corrected chi connectivity index (χ4v) is 3.08. The molecule has 1 amide bonds. The Bertz CT molecular complexity index is 496. The molecule has 0 rings (SSSR count). The van der Waals surface area contributed by atoms with E-state index in [9.17, 15) is 9.59 Å². The first-order valence-electron chi connectivity index (χ1n) is 13.7. The molecule has 0 radical (unpaired) electrons. The minimum absolute atomic E-state index is 0.289. The zero-order chi connectivity index (χ0) is 27.1. The van der Waals surface area contributed by atoms with Crippen LogP contribution in [0, 0.1) is 0 Å².